The summed E-state index contributed by atoms with van der Waals surface area (Å²) in [6, 6.07) is 3.52. The average molecular weight is 321 g/mol. The van der Waals surface area contributed by atoms with Crippen LogP contribution >= 0.6 is 23.4 Å². The van der Waals surface area contributed by atoms with Gasteiger partial charge in [0.15, 0.2) is 0 Å². The Labute approximate surface area is 116 Å². The lowest BCUT2D eigenvalue weighted by molar-refractivity contribution is -0.0500. The number of halogens is 6. The van der Waals surface area contributed by atoms with Crippen LogP contribution in [0, 0.1) is 0 Å². The molecule has 0 aliphatic rings. The summed E-state index contributed by atoms with van der Waals surface area (Å²) in [5.74, 6) is 0.0515. The highest BCUT2D eigenvalue weighted by Crippen LogP contribution is 2.39. The number of benzene rings is 1. The molecular formula is C11H10ClF5OS. The van der Waals surface area contributed by atoms with E-state index >= 15 is 0 Å². The predicted molar refractivity (Wildman–Crippen MR) is 64.0 cm³/mol. The molecule has 19 heavy (non-hydrogen) atoms. The Bertz CT molecular complexity index is 411. The third-order valence-corrected chi connectivity index (χ3v) is 2.97. The van der Waals surface area contributed by atoms with E-state index in [1.807, 2.05) is 0 Å². The van der Waals surface area contributed by atoms with Crippen LogP contribution in [0.25, 0.3) is 0 Å². The van der Waals surface area contributed by atoms with Gasteiger partial charge in [-0.25, -0.2) is 0 Å². The first-order chi connectivity index (χ1) is 8.80. The molecule has 0 bridgehead atoms. The highest BCUT2D eigenvalue weighted by Gasteiger charge is 2.29. The second kappa shape index (κ2) is 7.19. The summed E-state index contributed by atoms with van der Waals surface area (Å²) in [6.07, 6.45) is 0.936. The highest BCUT2D eigenvalue weighted by molar-refractivity contribution is 8.00. The maximum atomic E-state index is 12.3. The van der Waals surface area contributed by atoms with E-state index in [9.17, 15) is 22.0 Å². The van der Waals surface area contributed by atoms with Crippen LogP contribution in [0.5, 0.6) is 5.75 Å². The minimum atomic E-state index is -4.48. The number of aryl methyl sites for hydroxylation is 1. The molecule has 0 fully saturated rings. The van der Waals surface area contributed by atoms with Crippen molar-refractivity contribution in [1.29, 1.82) is 0 Å². The Morgan fingerprint density at radius 1 is 1.21 bits per heavy atom. The van der Waals surface area contributed by atoms with E-state index in [0.717, 1.165) is 6.07 Å². The molecule has 0 spiro atoms. The van der Waals surface area contributed by atoms with E-state index in [4.69, 9.17) is 11.6 Å². The van der Waals surface area contributed by atoms with Gasteiger partial charge >= 0.3 is 12.1 Å². The maximum Gasteiger partial charge on any atom is 0.446 e. The van der Waals surface area contributed by atoms with Crippen molar-refractivity contribution in [3.63, 3.8) is 0 Å². The van der Waals surface area contributed by atoms with E-state index in [2.05, 4.69) is 4.74 Å². The topological polar surface area (TPSA) is 9.23 Å². The van der Waals surface area contributed by atoms with E-state index in [0.29, 0.717) is 24.3 Å². The second-order valence-electron chi connectivity index (χ2n) is 3.53. The van der Waals surface area contributed by atoms with Gasteiger partial charge in [0.1, 0.15) is 5.75 Å². The summed E-state index contributed by atoms with van der Waals surface area (Å²) in [5.41, 5.74) is -4.00. The quantitative estimate of drug-likeness (QED) is 0.411. The normalized spacial score (nSPS) is 11.9. The van der Waals surface area contributed by atoms with Crippen LogP contribution in [-0.4, -0.2) is 18.0 Å². The number of thioether (sulfide) groups is 1. The molecule has 0 saturated carbocycles. The molecule has 1 nitrogen and oxygen atoms in total. The van der Waals surface area contributed by atoms with Crippen molar-refractivity contribution in [2.24, 2.45) is 0 Å². The molecule has 1 aromatic carbocycles. The minimum absolute atomic E-state index is 0.185. The highest BCUT2D eigenvalue weighted by atomic mass is 35.5. The summed E-state index contributed by atoms with van der Waals surface area (Å²) in [6.45, 7) is -3.08. The second-order valence-corrected chi connectivity index (χ2v) is 5.05. The minimum Gasteiger partial charge on any atom is -0.435 e. The zero-order chi connectivity index (χ0) is 14.5. The van der Waals surface area contributed by atoms with Crippen LogP contribution in [0.1, 0.15) is 12.0 Å². The van der Waals surface area contributed by atoms with Gasteiger partial charge in [-0.15, -0.1) is 11.6 Å². The monoisotopic (exact) mass is 320 g/mol. The Balaban J connectivity index is 2.94. The number of hydrogen-bond donors (Lipinski definition) is 0. The van der Waals surface area contributed by atoms with Crippen LogP contribution in [0.15, 0.2) is 23.1 Å². The molecular weight excluding hydrogens is 311 g/mol. The maximum absolute atomic E-state index is 12.3. The van der Waals surface area contributed by atoms with Gasteiger partial charge in [-0.05, 0) is 48.4 Å². The Morgan fingerprint density at radius 2 is 1.89 bits per heavy atom. The molecule has 0 aromatic heterocycles. The van der Waals surface area contributed by atoms with Crippen LogP contribution in [-0.2, 0) is 6.42 Å². The molecule has 0 aliphatic heterocycles. The molecule has 1 aromatic rings. The van der Waals surface area contributed by atoms with Gasteiger partial charge in [-0.2, -0.15) is 22.0 Å². The van der Waals surface area contributed by atoms with Crippen molar-refractivity contribution in [2.45, 2.75) is 29.9 Å². The van der Waals surface area contributed by atoms with Gasteiger partial charge in [-0.1, -0.05) is 0 Å². The molecule has 0 radical (unpaired) electrons. The van der Waals surface area contributed by atoms with E-state index < -0.39 is 12.1 Å². The largest absolute Gasteiger partial charge is 0.446 e. The number of hydrogen-bond acceptors (Lipinski definition) is 2. The smallest absolute Gasteiger partial charge is 0.435 e. The van der Waals surface area contributed by atoms with Gasteiger partial charge in [-0.3, -0.25) is 0 Å². The van der Waals surface area contributed by atoms with Gasteiger partial charge in [0.05, 0.1) is 0 Å². The lowest BCUT2D eigenvalue weighted by Crippen LogP contribution is -2.04. The average Bonchev–Trinajstić information content (AvgIpc) is 2.22. The molecule has 0 aliphatic carbocycles. The first-order valence-electron chi connectivity index (χ1n) is 5.20. The summed E-state index contributed by atoms with van der Waals surface area (Å²) in [7, 11) is 0. The van der Waals surface area contributed by atoms with Gasteiger partial charge < -0.3 is 4.74 Å². The zero-order valence-corrected chi connectivity index (χ0v) is 11.1. The van der Waals surface area contributed by atoms with Crippen LogP contribution < -0.4 is 4.74 Å². The summed E-state index contributed by atoms with van der Waals surface area (Å²) >= 11 is 5.12. The van der Waals surface area contributed by atoms with Crippen molar-refractivity contribution in [3.05, 3.63) is 23.8 Å². The van der Waals surface area contributed by atoms with Crippen LogP contribution in [0.4, 0.5) is 22.0 Å². The van der Waals surface area contributed by atoms with Gasteiger partial charge in [0.2, 0.25) is 0 Å². The third-order valence-electron chi connectivity index (χ3n) is 2.00. The fourth-order valence-corrected chi connectivity index (χ4v) is 2.20. The molecule has 108 valence electrons. The fraction of sp³-hybridized carbons (Fsp3) is 0.455. The molecule has 8 heteroatoms. The van der Waals surface area contributed by atoms with Crippen LogP contribution in [0.2, 0.25) is 0 Å². The van der Waals surface area contributed by atoms with E-state index in [1.54, 1.807) is 0 Å². The number of ether oxygens (including phenoxy) is 1. The lowest BCUT2D eigenvalue weighted by atomic mass is 10.1. The Kier molecular flexibility index (Phi) is 6.19. The SMILES string of the molecule is FC(F)Oc1cc(CCCCl)cc(SC(F)(F)F)c1. The lowest BCUT2D eigenvalue weighted by Gasteiger charge is -2.11. The van der Waals surface area contributed by atoms with Crippen molar-refractivity contribution in [3.8, 4) is 5.75 Å². The third kappa shape index (κ3) is 6.87. The van der Waals surface area contributed by atoms with Crippen LogP contribution in [0.3, 0.4) is 0 Å². The molecule has 0 unspecified atom stereocenters. The zero-order valence-electron chi connectivity index (χ0n) is 9.52. The van der Waals surface area contributed by atoms with Crippen molar-refractivity contribution >= 4 is 23.4 Å². The van der Waals surface area contributed by atoms with Crippen molar-refractivity contribution in [2.75, 3.05) is 5.88 Å². The first kappa shape index (κ1) is 16.4. The summed E-state index contributed by atoms with van der Waals surface area (Å²) < 4.78 is 65.2. The molecule has 0 atom stereocenters. The molecule has 0 amide bonds. The van der Waals surface area contributed by atoms with Crippen molar-refractivity contribution < 1.29 is 26.7 Å². The van der Waals surface area contributed by atoms with Gasteiger partial charge in [0, 0.05) is 10.8 Å². The molecule has 0 heterocycles. The first-order valence-corrected chi connectivity index (χ1v) is 6.56. The van der Waals surface area contributed by atoms with E-state index in [-0.39, 0.29) is 22.4 Å². The molecule has 0 saturated heterocycles. The number of rotatable bonds is 6. The Morgan fingerprint density at radius 3 is 2.42 bits per heavy atom. The Hall–Kier alpha value is -0.690. The summed E-state index contributed by atoms with van der Waals surface area (Å²) in [4.78, 5) is -0.185. The van der Waals surface area contributed by atoms with Gasteiger partial charge in [0.25, 0.3) is 0 Å². The van der Waals surface area contributed by atoms with E-state index in [1.165, 1.54) is 12.1 Å². The summed E-state index contributed by atoms with van der Waals surface area (Å²) in [5, 5.41) is 0. The predicted octanol–water partition coefficient (Wildman–Crippen LogP) is 5.07. The standard InChI is InChI=1S/C11H10ClF5OS/c12-3-1-2-7-4-8(18-10(13)14)6-9(5-7)19-11(15,16)17/h4-6,10H,1-3H2. The molecule has 1 rings (SSSR count). The number of alkyl halides is 6. The fourth-order valence-electron chi connectivity index (χ4n) is 1.41. The molecule has 0 N–H and O–H groups in total. The van der Waals surface area contributed by atoms with Crippen molar-refractivity contribution in [1.82, 2.24) is 0 Å².